The molecule has 0 radical (unpaired) electrons. The van der Waals surface area contributed by atoms with Crippen molar-refractivity contribution in [2.75, 3.05) is 0 Å². The smallest absolute Gasteiger partial charge is 0.171 e. The first-order chi connectivity index (χ1) is 13.6. The van der Waals surface area contributed by atoms with E-state index < -0.39 is 0 Å². The van der Waals surface area contributed by atoms with Crippen LogP contribution in [-0.2, 0) is 0 Å². The molecule has 2 heterocycles. The number of allylic oxidation sites excluding steroid dienone is 1. The van der Waals surface area contributed by atoms with Crippen molar-refractivity contribution in [3.05, 3.63) is 80.0 Å². The van der Waals surface area contributed by atoms with Crippen molar-refractivity contribution < 1.29 is 0 Å². The van der Waals surface area contributed by atoms with Crippen LogP contribution in [-0.4, -0.2) is 14.5 Å². The number of benzene rings is 2. The summed E-state index contributed by atoms with van der Waals surface area (Å²) in [5.41, 5.74) is 6.32. The van der Waals surface area contributed by atoms with Crippen LogP contribution in [0.4, 0.5) is 0 Å². The molecule has 0 saturated heterocycles. The van der Waals surface area contributed by atoms with Gasteiger partial charge in [-0.3, -0.25) is 0 Å². The highest BCUT2D eigenvalue weighted by Gasteiger charge is 2.13. The third-order valence-electron chi connectivity index (χ3n) is 4.53. The summed E-state index contributed by atoms with van der Waals surface area (Å²) in [5.74, 6) is 0. The molecular formula is C22H17IN4S. The van der Waals surface area contributed by atoms with Crippen molar-refractivity contribution in [3.63, 3.8) is 0 Å². The molecule has 2 aromatic carbocycles. The molecule has 6 heteroatoms. The molecule has 28 heavy (non-hydrogen) atoms. The second kappa shape index (κ2) is 7.86. The van der Waals surface area contributed by atoms with E-state index in [-0.39, 0.29) is 0 Å². The number of aromatic amines is 1. The third kappa shape index (κ3) is 3.60. The second-order valence-electron chi connectivity index (χ2n) is 6.39. The van der Waals surface area contributed by atoms with Crippen molar-refractivity contribution >= 4 is 51.5 Å². The number of hydrogen-bond acceptors (Lipinski definition) is 3. The maximum Gasteiger partial charge on any atom is 0.171 e. The van der Waals surface area contributed by atoms with E-state index in [2.05, 4.69) is 75.2 Å². The Balaban J connectivity index is 1.70. The third-order valence-corrected chi connectivity index (χ3v) is 6.26. The number of hydrogen-bond donors (Lipinski definition) is 1. The number of halogens is 1. The van der Waals surface area contributed by atoms with Crippen LogP contribution in [0.3, 0.4) is 0 Å². The highest BCUT2D eigenvalue weighted by Crippen LogP contribution is 2.30. The molecule has 138 valence electrons. The summed E-state index contributed by atoms with van der Waals surface area (Å²) in [6, 6.07) is 20.6. The number of nitriles is 1. The van der Waals surface area contributed by atoms with Crippen molar-refractivity contribution in [1.82, 2.24) is 14.5 Å². The number of imidazole rings is 1. The molecule has 0 saturated carbocycles. The van der Waals surface area contributed by atoms with E-state index in [9.17, 15) is 5.26 Å². The summed E-state index contributed by atoms with van der Waals surface area (Å²) in [6.07, 6.45) is 1.94. The van der Waals surface area contributed by atoms with Gasteiger partial charge in [0.15, 0.2) is 5.16 Å². The van der Waals surface area contributed by atoms with Crippen LogP contribution in [0.1, 0.15) is 17.0 Å². The largest absolute Gasteiger partial charge is 0.333 e. The summed E-state index contributed by atoms with van der Waals surface area (Å²) < 4.78 is 3.42. The number of para-hydroxylation sites is 3. The maximum absolute atomic E-state index is 9.66. The lowest BCUT2D eigenvalue weighted by atomic mass is 10.2. The minimum Gasteiger partial charge on any atom is -0.333 e. The Morgan fingerprint density at radius 3 is 2.68 bits per heavy atom. The Kier molecular flexibility index (Phi) is 5.29. The van der Waals surface area contributed by atoms with E-state index in [1.165, 1.54) is 15.3 Å². The van der Waals surface area contributed by atoms with Crippen LogP contribution < -0.4 is 0 Å². The Labute approximate surface area is 181 Å². The molecule has 0 fully saturated rings. The van der Waals surface area contributed by atoms with Gasteiger partial charge in [0.05, 0.1) is 21.6 Å². The standard InChI is InChI=1S/C22H17IN4S/c1-14-11-16(15(2)27(14)21-10-6-3-7-18(21)23)12-17(13-24)28-22-25-19-8-4-5-9-20(19)26-22/h3-12H,1-2H3,(H,25,26)/b17-12+. The van der Waals surface area contributed by atoms with Gasteiger partial charge in [-0.15, -0.1) is 0 Å². The zero-order valence-corrected chi connectivity index (χ0v) is 18.4. The van der Waals surface area contributed by atoms with Crippen molar-refractivity contribution in [3.8, 4) is 11.8 Å². The van der Waals surface area contributed by atoms with Gasteiger partial charge in [-0.25, -0.2) is 4.98 Å². The lowest BCUT2D eigenvalue weighted by Gasteiger charge is -2.11. The zero-order valence-electron chi connectivity index (χ0n) is 15.4. The van der Waals surface area contributed by atoms with E-state index >= 15 is 0 Å². The predicted molar refractivity (Wildman–Crippen MR) is 124 cm³/mol. The number of rotatable bonds is 4. The van der Waals surface area contributed by atoms with Crippen LogP contribution in [0.15, 0.2) is 64.7 Å². The van der Waals surface area contributed by atoms with E-state index in [0.29, 0.717) is 4.91 Å². The first kappa shape index (κ1) is 18.8. The van der Waals surface area contributed by atoms with Crippen molar-refractivity contribution in [2.45, 2.75) is 19.0 Å². The molecule has 0 aliphatic carbocycles. The topological polar surface area (TPSA) is 57.4 Å². The molecule has 0 amide bonds. The van der Waals surface area contributed by atoms with Gasteiger partial charge < -0.3 is 9.55 Å². The van der Waals surface area contributed by atoms with Gasteiger partial charge in [-0.2, -0.15) is 5.26 Å². The van der Waals surface area contributed by atoms with Crippen LogP contribution >= 0.6 is 34.4 Å². The first-order valence-electron chi connectivity index (χ1n) is 8.75. The quantitative estimate of drug-likeness (QED) is 0.207. The summed E-state index contributed by atoms with van der Waals surface area (Å²) >= 11 is 3.71. The fourth-order valence-corrected chi connectivity index (χ4v) is 4.62. The van der Waals surface area contributed by atoms with Crippen LogP contribution in [0, 0.1) is 28.7 Å². The molecule has 4 aromatic rings. The number of H-pyrrole nitrogens is 1. The lowest BCUT2D eigenvalue weighted by Crippen LogP contribution is -2.01. The monoisotopic (exact) mass is 496 g/mol. The van der Waals surface area contributed by atoms with Gasteiger partial charge in [0.2, 0.25) is 0 Å². The fraction of sp³-hybridized carbons (Fsp3) is 0.0909. The van der Waals surface area contributed by atoms with Crippen LogP contribution in [0.25, 0.3) is 22.8 Å². The van der Waals surface area contributed by atoms with E-state index in [0.717, 1.165) is 38.8 Å². The van der Waals surface area contributed by atoms with Gasteiger partial charge in [-0.1, -0.05) is 24.3 Å². The van der Waals surface area contributed by atoms with Gasteiger partial charge in [0.25, 0.3) is 0 Å². The van der Waals surface area contributed by atoms with E-state index in [4.69, 9.17) is 0 Å². The van der Waals surface area contributed by atoms with Crippen LogP contribution in [0.2, 0.25) is 0 Å². The molecule has 0 bridgehead atoms. The van der Waals surface area contributed by atoms with Gasteiger partial charge >= 0.3 is 0 Å². The molecule has 4 nitrogen and oxygen atoms in total. The second-order valence-corrected chi connectivity index (χ2v) is 8.59. The summed E-state index contributed by atoms with van der Waals surface area (Å²) in [5, 5.41) is 10.4. The number of nitrogens with zero attached hydrogens (tertiary/aromatic N) is 3. The molecule has 0 spiro atoms. The number of thioether (sulfide) groups is 1. The molecule has 2 aromatic heterocycles. The number of aryl methyl sites for hydroxylation is 1. The van der Waals surface area contributed by atoms with Crippen molar-refractivity contribution in [2.24, 2.45) is 0 Å². The highest BCUT2D eigenvalue weighted by molar-refractivity contribution is 14.1. The zero-order chi connectivity index (χ0) is 19.7. The first-order valence-corrected chi connectivity index (χ1v) is 10.6. The minimum absolute atomic E-state index is 0.599. The Hall–Kier alpha value is -2.50. The van der Waals surface area contributed by atoms with Gasteiger partial charge in [-0.05, 0) is 90.2 Å². The molecule has 0 unspecified atom stereocenters. The normalized spacial score (nSPS) is 11.7. The molecule has 0 atom stereocenters. The molecule has 1 N–H and O–H groups in total. The highest BCUT2D eigenvalue weighted by atomic mass is 127. The van der Waals surface area contributed by atoms with E-state index in [1.54, 1.807) is 0 Å². The summed E-state index contributed by atoms with van der Waals surface area (Å²) in [4.78, 5) is 8.42. The number of nitrogens with one attached hydrogen (secondary N) is 1. The molecule has 0 aliphatic rings. The van der Waals surface area contributed by atoms with Crippen LogP contribution in [0.5, 0.6) is 0 Å². The van der Waals surface area contributed by atoms with Gasteiger partial charge in [0.1, 0.15) is 6.07 Å². The summed E-state index contributed by atoms with van der Waals surface area (Å²) in [7, 11) is 0. The fourth-order valence-electron chi connectivity index (χ4n) is 3.25. The minimum atomic E-state index is 0.599. The number of aromatic nitrogens is 3. The SMILES string of the molecule is Cc1cc(/C=C(\C#N)Sc2nc3ccccc3[nH]2)c(C)n1-c1ccccc1I. The van der Waals surface area contributed by atoms with E-state index in [1.807, 2.05) is 42.5 Å². The lowest BCUT2D eigenvalue weighted by molar-refractivity contribution is 0.958. The molecule has 0 aliphatic heterocycles. The van der Waals surface area contributed by atoms with Crippen molar-refractivity contribution in [1.29, 1.82) is 5.26 Å². The Morgan fingerprint density at radius 2 is 1.93 bits per heavy atom. The van der Waals surface area contributed by atoms with Gasteiger partial charge in [0, 0.05) is 15.0 Å². The summed E-state index contributed by atoms with van der Waals surface area (Å²) in [6.45, 7) is 4.18. The average Bonchev–Trinajstić information content (AvgIpc) is 3.22. The average molecular weight is 496 g/mol. The molecule has 4 rings (SSSR count). The number of fused-ring (bicyclic) bond motifs is 1. The Morgan fingerprint density at radius 1 is 1.18 bits per heavy atom. The molecular weight excluding hydrogens is 479 g/mol. The Bertz CT molecular complexity index is 1210. The predicted octanol–water partition coefficient (Wildman–Crippen LogP) is 6.23. The maximum atomic E-state index is 9.66.